The minimum atomic E-state index is -0.472. The van der Waals surface area contributed by atoms with Crippen LogP contribution >= 0.6 is 0 Å². The quantitative estimate of drug-likeness (QED) is 0.0354. The summed E-state index contributed by atoms with van der Waals surface area (Å²) in [6, 6.07) is 44.5. The largest absolute Gasteiger partial charge is 0.507 e. The van der Waals surface area contributed by atoms with Crippen LogP contribution in [0.5, 0.6) is 34.5 Å². The molecule has 88 heavy (non-hydrogen) atoms. The highest BCUT2D eigenvalue weighted by atomic mass is 16.6. The summed E-state index contributed by atoms with van der Waals surface area (Å²) in [7, 11) is 3.13. The van der Waals surface area contributed by atoms with Crippen LogP contribution in [0.1, 0.15) is 67.0 Å². The van der Waals surface area contributed by atoms with Crippen molar-refractivity contribution in [1.82, 2.24) is 20.4 Å². The number of rotatable bonds is 18. The standard InChI is InChI=1S/C64H54N14O10/c1-37-57(71-67-49-13-7-15-55(33-49)85-3)63(73-65-37)75-69-51-29-45-25-41-9-5-11-43(61(41)87-35-39-17-21-53(22-18-39)77(81)82)27-47-31-52(70-76-64-58(38(2)66-74-64)72-68-50-14-8-16-56(34-50)86-4)32-48(60(47)80)28-44-12-6-10-42(26-46(30-51)59(45)79)62(44)88-36-40-19-23-54(24-20-40)78(83)84/h5-24,29-34,79-80H,25-28,35-36H2,1-4H3,(H,65,73)(H,66,74). The van der Waals surface area contributed by atoms with E-state index in [1.165, 1.54) is 24.3 Å². The first-order valence-corrected chi connectivity index (χ1v) is 27.4. The number of aryl methyl sites for hydroxylation is 2. The monoisotopic (exact) mass is 1180 g/mol. The molecule has 11 rings (SSSR count). The Morgan fingerprint density at radius 3 is 1.12 bits per heavy atom. The molecule has 0 radical (unpaired) electrons. The number of hydrogen-bond donors (Lipinski definition) is 4. The molecular formula is C64H54N14O10. The maximum Gasteiger partial charge on any atom is 0.269 e. The molecule has 0 amide bonds. The summed E-state index contributed by atoms with van der Waals surface area (Å²) in [4.78, 5) is 22.3. The van der Waals surface area contributed by atoms with Gasteiger partial charge < -0.3 is 29.2 Å². The lowest BCUT2D eigenvalue weighted by molar-refractivity contribution is -0.385. The first kappa shape index (κ1) is 58.0. The molecule has 0 fully saturated rings. The van der Waals surface area contributed by atoms with E-state index in [1.54, 1.807) is 125 Å². The van der Waals surface area contributed by atoms with Crippen molar-refractivity contribution in [1.29, 1.82) is 0 Å². The van der Waals surface area contributed by atoms with Crippen LogP contribution in [0.15, 0.2) is 199 Å². The molecule has 24 heteroatoms. The molecule has 0 atom stereocenters. The second-order valence-corrected chi connectivity index (χ2v) is 20.4. The number of aromatic hydroxyl groups is 2. The van der Waals surface area contributed by atoms with Crippen LogP contribution in [0, 0.1) is 34.1 Å². The van der Waals surface area contributed by atoms with Crippen LogP contribution in [0.2, 0.25) is 0 Å². The van der Waals surface area contributed by atoms with E-state index < -0.39 is 9.85 Å². The summed E-state index contributed by atoms with van der Waals surface area (Å²) in [5.74, 6) is 2.45. The summed E-state index contributed by atoms with van der Waals surface area (Å²) in [6.07, 6.45) is 0.353. The van der Waals surface area contributed by atoms with Crippen molar-refractivity contribution >= 4 is 57.1 Å². The van der Waals surface area contributed by atoms with Crippen molar-refractivity contribution in [3.05, 3.63) is 245 Å². The first-order chi connectivity index (χ1) is 42.7. The van der Waals surface area contributed by atoms with E-state index in [0.29, 0.717) is 124 Å². The Balaban J connectivity index is 1.04. The van der Waals surface area contributed by atoms with Crippen molar-refractivity contribution in [2.75, 3.05) is 14.2 Å². The van der Waals surface area contributed by atoms with E-state index in [4.69, 9.17) is 29.2 Å². The maximum atomic E-state index is 12.6. The fraction of sp³-hybridized carbons (Fsp3) is 0.156. The summed E-state index contributed by atoms with van der Waals surface area (Å²) < 4.78 is 24.2. The number of non-ortho nitro benzene ring substituents is 2. The predicted molar refractivity (Wildman–Crippen MR) is 325 cm³/mol. The molecular weight excluding hydrogens is 1120 g/mol. The van der Waals surface area contributed by atoms with Gasteiger partial charge in [0.15, 0.2) is 23.0 Å². The third-order valence-corrected chi connectivity index (χ3v) is 14.4. The van der Waals surface area contributed by atoms with Crippen LogP contribution in [-0.4, -0.2) is 54.7 Å². The van der Waals surface area contributed by atoms with Gasteiger partial charge in [-0.2, -0.15) is 20.4 Å². The molecule has 1 aliphatic rings. The summed E-state index contributed by atoms with van der Waals surface area (Å²) in [5, 5.41) is 99.2. The van der Waals surface area contributed by atoms with Gasteiger partial charge in [-0.15, -0.1) is 30.7 Å². The number of nitro benzene ring substituents is 2. The fourth-order valence-electron chi connectivity index (χ4n) is 9.88. The Labute approximate surface area is 502 Å². The summed E-state index contributed by atoms with van der Waals surface area (Å²) >= 11 is 0. The number of nitrogens with one attached hydrogen (secondary N) is 2. The Bertz CT molecular complexity index is 4020. The number of aromatic amines is 2. The zero-order valence-corrected chi connectivity index (χ0v) is 47.8. The number of phenols is 2. The Morgan fingerprint density at radius 2 is 0.784 bits per heavy atom. The molecule has 0 spiro atoms. The van der Waals surface area contributed by atoms with Gasteiger partial charge in [-0.05, 0) is 120 Å². The average molecular weight is 1180 g/mol. The van der Waals surface area contributed by atoms with Crippen LogP contribution in [0.3, 0.4) is 0 Å². The lowest BCUT2D eigenvalue weighted by Gasteiger charge is -2.21. The number of azo groups is 4. The number of fused-ring (bicyclic) bond motifs is 8. The van der Waals surface area contributed by atoms with Gasteiger partial charge in [-0.3, -0.25) is 30.4 Å². The predicted octanol–water partition coefficient (Wildman–Crippen LogP) is 16.5. The van der Waals surface area contributed by atoms with Crippen molar-refractivity contribution in [2.45, 2.75) is 52.7 Å². The number of nitro groups is 2. The second kappa shape index (κ2) is 26.0. The molecule has 4 N–H and O–H groups in total. The Hall–Kier alpha value is -11.8. The highest BCUT2D eigenvalue weighted by molar-refractivity contribution is 5.64. The Morgan fingerprint density at radius 1 is 0.443 bits per heavy atom. The molecule has 8 bridgehead atoms. The lowest BCUT2D eigenvalue weighted by atomic mass is 9.91. The Kier molecular flexibility index (Phi) is 17.1. The van der Waals surface area contributed by atoms with E-state index in [1.807, 2.05) is 36.4 Å². The number of para-hydroxylation sites is 2. The van der Waals surface area contributed by atoms with Crippen LogP contribution in [0.4, 0.5) is 57.1 Å². The normalized spacial score (nSPS) is 12.3. The minimum Gasteiger partial charge on any atom is -0.507 e. The molecule has 2 heterocycles. The number of hydrogen-bond acceptors (Lipinski definition) is 20. The van der Waals surface area contributed by atoms with Gasteiger partial charge in [0.2, 0.25) is 0 Å². The summed E-state index contributed by atoms with van der Waals surface area (Å²) in [6.45, 7) is 3.52. The average Bonchev–Trinajstić information content (AvgIpc) is 3.84. The van der Waals surface area contributed by atoms with Gasteiger partial charge in [-0.25, -0.2) is 0 Å². The highest BCUT2D eigenvalue weighted by Crippen LogP contribution is 2.43. The number of phenolic OH excluding ortho intramolecular Hbond substituents is 2. The fourth-order valence-corrected chi connectivity index (χ4v) is 9.88. The second-order valence-electron chi connectivity index (χ2n) is 20.4. The van der Waals surface area contributed by atoms with E-state index in [-0.39, 0.29) is 73.4 Å². The van der Waals surface area contributed by atoms with Gasteiger partial charge in [0.25, 0.3) is 11.4 Å². The van der Waals surface area contributed by atoms with E-state index in [9.17, 15) is 30.4 Å². The van der Waals surface area contributed by atoms with Crippen molar-refractivity contribution in [3.8, 4) is 34.5 Å². The zero-order valence-electron chi connectivity index (χ0n) is 47.8. The molecule has 10 aromatic rings. The smallest absolute Gasteiger partial charge is 0.269 e. The molecule has 8 aromatic carbocycles. The van der Waals surface area contributed by atoms with E-state index in [0.717, 1.165) is 0 Å². The van der Waals surface area contributed by atoms with Crippen LogP contribution < -0.4 is 18.9 Å². The molecule has 0 unspecified atom stereocenters. The van der Waals surface area contributed by atoms with Crippen molar-refractivity contribution in [3.63, 3.8) is 0 Å². The molecule has 0 aliphatic heterocycles. The molecule has 24 nitrogen and oxygen atoms in total. The highest BCUT2D eigenvalue weighted by Gasteiger charge is 2.23. The SMILES string of the molecule is COc1cccc(N=Nc2c(C)n[nH]c2N=Nc2cc3c(O)c(c2)Cc2cccc(c2OCc2ccc([N+](=O)[O-])cc2)Cc2cc(N=Nc4[nH]nc(C)c4N=Nc4cccc(OC)c4)cc(c2O)Cc2cccc(c2OCc2ccc([N+](=O)[O-])cc2)C3)c1. The third-order valence-electron chi connectivity index (χ3n) is 14.4. The third kappa shape index (κ3) is 13.4. The summed E-state index contributed by atoms with van der Waals surface area (Å²) in [5.41, 5.74) is 9.03. The van der Waals surface area contributed by atoms with Gasteiger partial charge in [0.1, 0.15) is 47.7 Å². The molecule has 1 aliphatic carbocycles. The minimum absolute atomic E-state index is 0.00154. The number of nitrogens with zero attached hydrogens (tertiary/aromatic N) is 12. The molecule has 2 aromatic heterocycles. The van der Waals surface area contributed by atoms with Crippen molar-refractivity contribution < 1.29 is 39.0 Å². The van der Waals surface area contributed by atoms with E-state index >= 15 is 0 Å². The zero-order chi connectivity index (χ0) is 61.3. The number of aromatic nitrogens is 4. The molecule has 440 valence electrons. The molecule has 0 saturated heterocycles. The van der Waals surface area contributed by atoms with Gasteiger partial charge in [0, 0.05) is 84.3 Å². The van der Waals surface area contributed by atoms with Gasteiger partial charge in [-0.1, -0.05) is 48.5 Å². The van der Waals surface area contributed by atoms with E-state index in [2.05, 4.69) is 51.1 Å². The lowest BCUT2D eigenvalue weighted by Crippen LogP contribution is -2.06. The maximum absolute atomic E-state index is 12.6. The topological polar surface area (TPSA) is 320 Å². The number of methoxy groups -OCH3 is 2. The van der Waals surface area contributed by atoms with Crippen molar-refractivity contribution in [2.24, 2.45) is 40.9 Å². The van der Waals surface area contributed by atoms with Crippen LogP contribution in [-0.2, 0) is 38.9 Å². The first-order valence-electron chi connectivity index (χ1n) is 27.4. The number of ether oxygens (including phenoxy) is 4. The molecule has 0 saturated carbocycles. The number of H-pyrrole nitrogens is 2. The van der Waals surface area contributed by atoms with Gasteiger partial charge >= 0.3 is 0 Å². The van der Waals surface area contributed by atoms with Gasteiger partial charge in [0.05, 0.1) is 58.2 Å². The van der Waals surface area contributed by atoms with Crippen LogP contribution in [0.25, 0.3) is 0 Å². The number of benzene rings is 8.